The number of carbonyl (C=O) groups is 4. The van der Waals surface area contributed by atoms with Crippen molar-refractivity contribution >= 4 is 45.9 Å². The van der Waals surface area contributed by atoms with E-state index in [0.29, 0.717) is 5.06 Å². The highest BCUT2D eigenvalue weighted by Crippen LogP contribution is 2.26. The molecule has 1 aliphatic heterocycles. The van der Waals surface area contributed by atoms with Gasteiger partial charge in [0.25, 0.3) is 0 Å². The van der Waals surface area contributed by atoms with Gasteiger partial charge in [-0.3, -0.25) is 14.4 Å². The molecule has 1 aromatic rings. The van der Waals surface area contributed by atoms with Gasteiger partial charge in [0.05, 0.1) is 5.54 Å². The average Bonchev–Trinajstić information content (AvgIpc) is 2.99. The summed E-state index contributed by atoms with van der Waals surface area (Å²) in [6, 6.07) is -1.17. The van der Waals surface area contributed by atoms with E-state index in [2.05, 4.69) is 20.3 Å². The van der Waals surface area contributed by atoms with Gasteiger partial charge in [-0.1, -0.05) is 5.16 Å². The van der Waals surface area contributed by atoms with Gasteiger partial charge in [0.1, 0.15) is 5.69 Å². The van der Waals surface area contributed by atoms with E-state index in [1.165, 1.54) is 5.38 Å². The van der Waals surface area contributed by atoms with Crippen LogP contribution >= 0.6 is 11.3 Å². The highest BCUT2D eigenvalue weighted by Gasteiger charge is 2.53. The minimum absolute atomic E-state index is 0.0562. The molecule has 1 saturated heterocycles. The van der Waals surface area contributed by atoms with Crippen LogP contribution in [0.4, 0.5) is 5.13 Å². The van der Waals surface area contributed by atoms with Gasteiger partial charge in [0.15, 0.2) is 23.5 Å². The fraction of sp³-hybridized carbons (Fsp3) is 0.429. The van der Waals surface area contributed by atoms with E-state index in [1.54, 1.807) is 13.8 Å². The molecule has 5 N–H and O–H groups in total. The van der Waals surface area contributed by atoms with Gasteiger partial charge in [0.2, 0.25) is 12.5 Å². The van der Waals surface area contributed by atoms with Crippen molar-refractivity contribution in [2.45, 2.75) is 25.4 Å². The number of hydrogen-bond acceptors (Lipinski definition) is 10. The number of anilines is 1. The maximum absolute atomic E-state index is 13.0. The third kappa shape index (κ3) is 4.72. The van der Waals surface area contributed by atoms with Crippen LogP contribution in [-0.2, 0) is 28.9 Å². The number of rotatable bonds is 9. The lowest BCUT2D eigenvalue weighted by atomic mass is 9.85. The van der Waals surface area contributed by atoms with Crippen molar-refractivity contribution in [2.75, 3.05) is 18.9 Å². The summed E-state index contributed by atoms with van der Waals surface area (Å²) in [6.45, 7) is 1.44. The predicted octanol–water partition coefficient (Wildman–Crippen LogP) is -1.35. The summed E-state index contributed by atoms with van der Waals surface area (Å²) >= 11 is 0.977. The van der Waals surface area contributed by atoms with Crippen molar-refractivity contribution in [3.63, 3.8) is 0 Å². The summed E-state index contributed by atoms with van der Waals surface area (Å²) in [7, 11) is 0. The van der Waals surface area contributed by atoms with Crippen molar-refractivity contribution in [3.8, 4) is 0 Å². The Balaban J connectivity index is 2.39. The molecule has 0 radical (unpaired) electrons. The molecular weight excluding hydrogens is 398 g/mol. The molecule has 2 heterocycles. The summed E-state index contributed by atoms with van der Waals surface area (Å²) in [6.07, 6.45) is 0. The first kappa shape index (κ1) is 21.0. The Morgan fingerprint density at radius 3 is 2.46 bits per heavy atom. The molecule has 0 spiro atoms. The smallest absolute Gasteiger partial charge is 0.344 e. The second-order valence-electron chi connectivity index (χ2n) is 6.09. The third-order valence-corrected chi connectivity index (χ3v) is 4.12. The van der Waals surface area contributed by atoms with Crippen LogP contribution in [0.3, 0.4) is 0 Å². The quantitative estimate of drug-likeness (QED) is 0.213. The molecule has 2 rings (SSSR count). The fourth-order valence-electron chi connectivity index (χ4n) is 2.33. The topological polar surface area (TPSA) is 194 Å². The normalized spacial score (nSPS) is 18.0. The number of nitrogens with zero attached hydrogens (tertiary/aromatic N) is 3. The van der Waals surface area contributed by atoms with Crippen LogP contribution in [-0.4, -0.2) is 74.5 Å². The molecule has 1 aliphatic rings. The Hall–Kier alpha value is -3.26. The van der Waals surface area contributed by atoms with E-state index < -0.39 is 54.3 Å². The summed E-state index contributed by atoms with van der Waals surface area (Å²) in [5.74, 6) is -4.35. The van der Waals surface area contributed by atoms with Crippen molar-refractivity contribution in [2.24, 2.45) is 5.16 Å². The first-order valence-corrected chi connectivity index (χ1v) is 8.54. The lowest BCUT2D eigenvalue weighted by molar-refractivity contribution is -0.217. The van der Waals surface area contributed by atoms with Gasteiger partial charge >= 0.3 is 17.8 Å². The van der Waals surface area contributed by atoms with E-state index in [-0.39, 0.29) is 10.8 Å². The van der Waals surface area contributed by atoms with E-state index in [9.17, 15) is 19.2 Å². The number of carbonyl (C=O) groups excluding carboxylic acids is 2. The van der Waals surface area contributed by atoms with Gasteiger partial charge in [-0.05, 0) is 13.8 Å². The number of hydroxylamine groups is 2. The average molecular weight is 415 g/mol. The molecule has 1 fully saturated rings. The molecular formula is C14H17N5O8S. The van der Waals surface area contributed by atoms with Gasteiger partial charge in [-0.25, -0.2) is 19.6 Å². The number of carboxylic acids is 2. The molecule has 0 bridgehead atoms. The van der Waals surface area contributed by atoms with E-state index in [1.807, 2.05) is 0 Å². The summed E-state index contributed by atoms with van der Waals surface area (Å²) in [5.41, 5.74) is 4.07. The highest BCUT2D eigenvalue weighted by atomic mass is 32.1. The molecule has 0 aromatic carbocycles. The molecule has 13 nitrogen and oxygen atoms in total. The van der Waals surface area contributed by atoms with E-state index in [4.69, 9.17) is 20.8 Å². The van der Waals surface area contributed by atoms with Crippen LogP contribution < -0.4 is 11.1 Å². The third-order valence-electron chi connectivity index (χ3n) is 3.45. The summed E-state index contributed by atoms with van der Waals surface area (Å²) in [5, 5.41) is 25.6. The Kier molecular flexibility index (Phi) is 6.15. The number of amides is 2. The Bertz CT molecular complexity index is 835. The Labute approximate surface area is 161 Å². The number of β-lactam (4-membered cyclic amide) rings is 1. The maximum Gasteiger partial charge on any atom is 0.344 e. The van der Waals surface area contributed by atoms with Crippen molar-refractivity contribution < 1.29 is 39.1 Å². The van der Waals surface area contributed by atoms with Gasteiger partial charge in [0, 0.05) is 5.38 Å². The van der Waals surface area contributed by atoms with Crippen LogP contribution in [0.2, 0.25) is 0 Å². The number of aliphatic carboxylic acids is 2. The second-order valence-corrected chi connectivity index (χ2v) is 6.98. The molecule has 0 saturated carbocycles. The number of nitrogens with one attached hydrogen (secondary N) is 1. The number of carboxylic acid groups (broad SMARTS) is 2. The molecule has 1 atom stereocenters. The lowest BCUT2D eigenvalue weighted by Gasteiger charge is -2.48. The molecule has 2 amide bonds. The van der Waals surface area contributed by atoms with Crippen LogP contribution in [0.25, 0.3) is 0 Å². The fourth-order valence-corrected chi connectivity index (χ4v) is 2.87. The minimum Gasteiger partial charge on any atom is -0.479 e. The summed E-state index contributed by atoms with van der Waals surface area (Å²) < 4.78 is 0. The van der Waals surface area contributed by atoms with Crippen molar-refractivity contribution in [1.82, 2.24) is 15.4 Å². The molecule has 0 aliphatic carbocycles. The Morgan fingerprint density at radius 1 is 1.36 bits per heavy atom. The van der Waals surface area contributed by atoms with Crippen LogP contribution in [0.1, 0.15) is 19.5 Å². The molecule has 28 heavy (non-hydrogen) atoms. The van der Waals surface area contributed by atoms with E-state index in [0.717, 1.165) is 11.3 Å². The zero-order chi connectivity index (χ0) is 21.1. The monoisotopic (exact) mass is 415 g/mol. The van der Waals surface area contributed by atoms with Crippen molar-refractivity contribution in [3.05, 3.63) is 11.1 Å². The number of hydrogen-bond donors (Lipinski definition) is 4. The minimum atomic E-state index is -1.38. The molecule has 152 valence electrons. The predicted molar refractivity (Wildman–Crippen MR) is 93.1 cm³/mol. The van der Waals surface area contributed by atoms with Crippen LogP contribution in [0.5, 0.6) is 0 Å². The number of aromatic nitrogens is 1. The zero-order valence-electron chi connectivity index (χ0n) is 14.7. The van der Waals surface area contributed by atoms with Crippen molar-refractivity contribution in [1.29, 1.82) is 0 Å². The maximum atomic E-state index is 13.0. The SMILES string of the molecule is CC1(C)NC(=O)C1N(OCC(=O)O)C(=O)/C(=N\OCC(=O)O)c1csc(N)n1. The number of thiazole rings is 1. The Morgan fingerprint density at radius 2 is 2.00 bits per heavy atom. The van der Waals surface area contributed by atoms with Crippen LogP contribution in [0.15, 0.2) is 10.5 Å². The van der Waals surface area contributed by atoms with Gasteiger partial charge < -0.3 is 26.1 Å². The summed E-state index contributed by atoms with van der Waals surface area (Å²) in [4.78, 5) is 60.0. The second kappa shape index (κ2) is 8.18. The first-order valence-electron chi connectivity index (χ1n) is 7.66. The number of oxime groups is 1. The first-order chi connectivity index (χ1) is 13.0. The molecule has 1 unspecified atom stereocenters. The van der Waals surface area contributed by atoms with Gasteiger partial charge in [-0.15, -0.1) is 11.3 Å². The molecule has 14 heteroatoms. The number of nitrogen functional groups attached to an aromatic ring is 1. The van der Waals surface area contributed by atoms with E-state index >= 15 is 0 Å². The molecule has 1 aromatic heterocycles. The standard InChI is InChI=1S/C14H17N5O8S/c1-14(2)10(11(24)17-14)19(27-4-8(22)23)12(25)9(18-26-3-7(20)21)6-5-28-13(15)16-6/h5,10H,3-4H2,1-2H3,(H2,15,16)(H,17,24)(H,20,21)(H,22,23)/b18-9-. The lowest BCUT2D eigenvalue weighted by Crippen LogP contribution is -2.76. The van der Waals surface area contributed by atoms with Crippen LogP contribution in [0, 0.1) is 0 Å². The van der Waals surface area contributed by atoms with Gasteiger partial charge in [-0.2, -0.15) is 0 Å². The highest BCUT2D eigenvalue weighted by molar-refractivity contribution is 7.13. The largest absolute Gasteiger partial charge is 0.479 e. The number of nitrogens with two attached hydrogens (primary N) is 1. The zero-order valence-corrected chi connectivity index (χ0v) is 15.6.